The number of rotatable bonds is 0. The summed E-state index contributed by atoms with van der Waals surface area (Å²) < 4.78 is 0. The number of nitriles is 2. The maximum absolute atomic E-state index is 7.59. The fourth-order valence-electron chi connectivity index (χ4n) is 0.0354. The van der Waals surface area contributed by atoms with Gasteiger partial charge in [0.1, 0.15) is 6.42 Å². The van der Waals surface area contributed by atoms with Crippen molar-refractivity contribution in [1.82, 2.24) is 0 Å². The van der Waals surface area contributed by atoms with Gasteiger partial charge in [0.2, 0.25) is 0 Å². The SMILES string of the molecule is ClCCl.N#CCC#N. The van der Waals surface area contributed by atoms with E-state index in [1.165, 1.54) is 0 Å². The van der Waals surface area contributed by atoms with E-state index in [2.05, 4.69) is 0 Å². The van der Waals surface area contributed by atoms with Crippen LogP contribution in [0, 0.1) is 22.7 Å². The van der Waals surface area contributed by atoms with Crippen molar-refractivity contribution in [2.75, 3.05) is 5.34 Å². The molecular formula is C4H4Cl2N2. The van der Waals surface area contributed by atoms with Gasteiger partial charge in [0, 0.05) is 0 Å². The molecule has 0 saturated heterocycles. The van der Waals surface area contributed by atoms with E-state index in [0.29, 0.717) is 0 Å². The predicted molar refractivity (Wildman–Crippen MR) is 32.4 cm³/mol. The van der Waals surface area contributed by atoms with E-state index in [9.17, 15) is 0 Å². The van der Waals surface area contributed by atoms with Gasteiger partial charge in [-0.25, -0.2) is 0 Å². The highest BCUT2D eigenvalue weighted by Crippen LogP contribution is 1.73. The Morgan fingerprint density at radius 3 is 1.38 bits per heavy atom. The van der Waals surface area contributed by atoms with Crippen LogP contribution < -0.4 is 0 Å². The summed E-state index contributed by atoms with van der Waals surface area (Å²) in [6.45, 7) is 0. The average molecular weight is 151 g/mol. The van der Waals surface area contributed by atoms with Gasteiger partial charge in [-0.15, -0.1) is 23.2 Å². The van der Waals surface area contributed by atoms with E-state index in [1.807, 2.05) is 0 Å². The van der Waals surface area contributed by atoms with Crippen LogP contribution in [0.3, 0.4) is 0 Å². The molecule has 44 valence electrons. The first-order valence-corrected chi connectivity index (χ1v) is 2.76. The number of nitrogens with zero attached hydrogens (tertiary/aromatic N) is 2. The molecule has 0 atom stereocenters. The Balaban J connectivity index is 0. The average Bonchev–Trinajstić information content (AvgIpc) is 1.71. The van der Waals surface area contributed by atoms with Crippen molar-refractivity contribution < 1.29 is 0 Å². The highest BCUT2D eigenvalue weighted by Gasteiger charge is 1.61. The smallest absolute Gasteiger partial charge is 0.122 e. The van der Waals surface area contributed by atoms with Crippen molar-refractivity contribution in [3.05, 3.63) is 0 Å². The van der Waals surface area contributed by atoms with Gasteiger partial charge in [-0.05, 0) is 0 Å². The van der Waals surface area contributed by atoms with Crippen molar-refractivity contribution >= 4 is 23.2 Å². The number of hydrogen-bond donors (Lipinski definition) is 0. The zero-order valence-electron chi connectivity index (χ0n) is 4.06. The molecule has 0 aliphatic heterocycles. The lowest BCUT2D eigenvalue weighted by Gasteiger charge is -1.45. The molecule has 0 rings (SSSR count). The van der Waals surface area contributed by atoms with Gasteiger partial charge in [-0.3, -0.25) is 0 Å². The maximum atomic E-state index is 7.59. The second kappa shape index (κ2) is 16.0. The summed E-state index contributed by atoms with van der Waals surface area (Å²) in [5, 5.41) is 15.4. The largest absolute Gasteiger partial charge is 0.197 e. The second-order valence-corrected chi connectivity index (χ2v) is 1.40. The van der Waals surface area contributed by atoms with Crippen LogP contribution in [-0.2, 0) is 0 Å². The van der Waals surface area contributed by atoms with Crippen LogP contribution in [0.1, 0.15) is 6.42 Å². The molecule has 0 radical (unpaired) electrons. The fraction of sp³-hybridized carbons (Fsp3) is 0.500. The molecule has 0 unspecified atom stereocenters. The fourth-order valence-corrected chi connectivity index (χ4v) is 0.0354. The predicted octanol–water partition coefficient (Wildman–Crippen LogP) is 1.85. The van der Waals surface area contributed by atoms with Crippen LogP contribution in [0.2, 0.25) is 0 Å². The zero-order chi connectivity index (χ0) is 6.83. The van der Waals surface area contributed by atoms with Crippen LogP contribution in [-0.4, -0.2) is 5.34 Å². The summed E-state index contributed by atoms with van der Waals surface area (Å²) in [7, 11) is 0. The quantitative estimate of drug-likeness (QED) is 0.496. The first-order valence-electron chi connectivity index (χ1n) is 1.69. The lowest BCUT2D eigenvalue weighted by atomic mass is 10.5. The summed E-state index contributed by atoms with van der Waals surface area (Å²) in [6, 6.07) is 3.31. The summed E-state index contributed by atoms with van der Waals surface area (Å²) in [5.41, 5.74) is 0. The first kappa shape index (κ1) is 10.5. The van der Waals surface area contributed by atoms with Crippen molar-refractivity contribution in [2.45, 2.75) is 6.42 Å². The molecule has 8 heavy (non-hydrogen) atoms. The van der Waals surface area contributed by atoms with Crippen molar-refractivity contribution in [3.8, 4) is 12.1 Å². The molecule has 0 aromatic heterocycles. The van der Waals surface area contributed by atoms with Gasteiger partial charge < -0.3 is 0 Å². The third kappa shape index (κ3) is 47.5. The summed E-state index contributed by atoms with van der Waals surface area (Å²) in [5.74, 6) is 0. The zero-order valence-corrected chi connectivity index (χ0v) is 5.58. The monoisotopic (exact) mass is 150 g/mol. The van der Waals surface area contributed by atoms with Crippen LogP contribution in [0.4, 0.5) is 0 Å². The number of hydrogen-bond acceptors (Lipinski definition) is 2. The number of alkyl halides is 2. The molecule has 0 amide bonds. The molecule has 0 fully saturated rings. The van der Waals surface area contributed by atoms with Gasteiger partial charge in [-0.1, -0.05) is 0 Å². The van der Waals surface area contributed by atoms with Gasteiger partial charge >= 0.3 is 0 Å². The molecule has 0 bridgehead atoms. The molecule has 0 aliphatic carbocycles. The van der Waals surface area contributed by atoms with Gasteiger partial charge in [-0.2, -0.15) is 10.5 Å². The normalized spacial score (nSPS) is 5.00. The molecule has 0 aromatic rings. The summed E-state index contributed by atoms with van der Waals surface area (Å²) in [6.07, 6.45) is 0. The number of halogens is 2. The Morgan fingerprint density at radius 1 is 1.12 bits per heavy atom. The van der Waals surface area contributed by atoms with Gasteiger partial charge in [0.15, 0.2) is 0 Å². The highest BCUT2D eigenvalue weighted by atomic mass is 35.5. The third-order valence-corrected chi connectivity index (χ3v) is 0.158. The molecule has 0 spiro atoms. The molecule has 2 nitrogen and oxygen atoms in total. The lowest BCUT2D eigenvalue weighted by Crippen LogP contribution is -1.47. The van der Waals surface area contributed by atoms with E-state index in [-0.39, 0.29) is 11.8 Å². The van der Waals surface area contributed by atoms with Crippen molar-refractivity contribution in [1.29, 1.82) is 10.5 Å². The third-order valence-electron chi connectivity index (χ3n) is 0.158. The molecular weight excluding hydrogens is 147 g/mol. The van der Waals surface area contributed by atoms with E-state index in [0.717, 1.165) is 0 Å². The minimum Gasteiger partial charge on any atom is -0.197 e. The molecule has 0 aliphatic rings. The molecule has 0 N–H and O–H groups in total. The standard InChI is InChI=1S/C3H2N2.CH2Cl2/c4-2-1-3-5;2-1-3/h1H2;1H2. The van der Waals surface area contributed by atoms with E-state index < -0.39 is 0 Å². The van der Waals surface area contributed by atoms with Crippen molar-refractivity contribution in [2.24, 2.45) is 0 Å². The summed E-state index contributed by atoms with van der Waals surface area (Å²) >= 11 is 9.53. The second-order valence-electron chi connectivity index (χ2n) is 0.594. The van der Waals surface area contributed by atoms with Crippen LogP contribution in [0.25, 0.3) is 0 Å². The Bertz CT molecular complexity index is 87.6. The molecule has 4 heteroatoms. The van der Waals surface area contributed by atoms with Gasteiger partial charge in [0.05, 0.1) is 17.5 Å². The lowest BCUT2D eigenvalue weighted by molar-refractivity contribution is 1.33. The molecule has 0 saturated carbocycles. The van der Waals surface area contributed by atoms with Crippen molar-refractivity contribution in [3.63, 3.8) is 0 Å². The maximum Gasteiger partial charge on any atom is 0.122 e. The Morgan fingerprint density at radius 2 is 1.38 bits per heavy atom. The summed E-state index contributed by atoms with van der Waals surface area (Å²) in [4.78, 5) is 0. The Labute approximate surface area is 58.2 Å². The molecule has 0 aromatic carbocycles. The van der Waals surface area contributed by atoms with Crippen LogP contribution in [0.15, 0.2) is 0 Å². The highest BCUT2D eigenvalue weighted by molar-refractivity contribution is 6.40. The molecule has 0 heterocycles. The first-order chi connectivity index (χ1) is 3.83. The Hall–Kier alpha value is -0.440. The minimum atomic E-state index is 0. The van der Waals surface area contributed by atoms with E-state index in [4.69, 9.17) is 33.7 Å². The Kier molecular flexibility index (Phi) is 21.0. The topological polar surface area (TPSA) is 47.6 Å². The van der Waals surface area contributed by atoms with E-state index in [1.54, 1.807) is 12.1 Å². The van der Waals surface area contributed by atoms with E-state index >= 15 is 0 Å². The van der Waals surface area contributed by atoms with Gasteiger partial charge in [0.25, 0.3) is 0 Å². The van der Waals surface area contributed by atoms with Crippen LogP contribution in [0.5, 0.6) is 0 Å². The van der Waals surface area contributed by atoms with Crippen LogP contribution >= 0.6 is 23.2 Å². The minimum absolute atomic E-state index is 0.